The van der Waals surface area contributed by atoms with Gasteiger partial charge in [-0.05, 0) is 75.4 Å². The van der Waals surface area contributed by atoms with Crippen molar-refractivity contribution in [2.45, 2.75) is 45.3 Å². The van der Waals surface area contributed by atoms with Crippen molar-refractivity contribution in [2.75, 3.05) is 13.1 Å². The van der Waals surface area contributed by atoms with E-state index in [1.807, 2.05) is 18.2 Å². The molecule has 134 valence electrons. The van der Waals surface area contributed by atoms with Crippen molar-refractivity contribution < 1.29 is 9.50 Å². The molecule has 0 spiro atoms. The smallest absolute Gasteiger partial charge is 0.123 e. The lowest BCUT2D eigenvalue weighted by Gasteiger charge is -2.38. The van der Waals surface area contributed by atoms with Crippen LogP contribution in [-0.2, 0) is 6.42 Å². The Morgan fingerprint density at radius 3 is 2.44 bits per heavy atom. The average molecular weight is 341 g/mol. The molecule has 2 aromatic rings. The van der Waals surface area contributed by atoms with Crippen LogP contribution < -0.4 is 0 Å². The summed E-state index contributed by atoms with van der Waals surface area (Å²) in [6, 6.07) is 15.2. The Morgan fingerprint density at radius 2 is 1.80 bits per heavy atom. The third kappa shape index (κ3) is 4.68. The summed E-state index contributed by atoms with van der Waals surface area (Å²) in [6.07, 6.45) is 2.68. The van der Waals surface area contributed by atoms with Crippen LogP contribution >= 0.6 is 0 Å². The maximum Gasteiger partial charge on any atom is 0.123 e. The lowest BCUT2D eigenvalue weighted by molar-refractivity contribution is 0.0373. The second kappa shape index (κ2) is 8.11. The minimum Gasteiger partial charge on any atom is -0.387 e. The first-order chi connectivity index (χ1) is 12.0. The molecule has 0 aromatic heterocycles. The number of aliphatic hydroxyl groups is 1. The highest BCUT2D eigenvalue weighted by atomic mass is 19.1. The molecule has 2 nitrogen and oxygen atoms in total. The minimum absolute atomic E-state index is 0.109. The molecule has 0 radical (unpaired) electrons. The molecular weight excluding hydrogens is 313 g/mol. The maximum atomic E-state index is 13.3. The molecule has 1 saturated heterocycles. The van der Waals surface area contributed by atoms with Gasteiger partial charge in [0.15, 0.2) is 0 Å². The lowest BCUT2D eigenvalue weighted by Crippen LogP contribution is -2.43. The SMILES string of the molecule is Cc1ccc(C(O)C(C)N2CCC(Cc3cccc(F)c3)CC2)cc1. The van der Waals surface area contributed by atoms with Crippen LogP contribution in [-0.4, -0.2) is 29.1 Å². The Kier molecular flexibility index (Phi) is 5.87. The molecule has 3 rings (SSSR count). The second-order valence-electron chi connectivity index (χ2n) is 7.41. The fourth-order valence-electron chi connectivity index (χ4n) is 3.80. The number of aliphatic hydroxyl groups excluding tert-OH is 1. The quantitative estimate of drug-likeness (QED) is 0.865. The van der Waals surface area contributed by atoms with Crippen molar-refractivity contribution in [3.8, 4) is 0 Å². The van der Waals surface area contributed by atoms with Gasteiger partial charge in [0.2, 0.25) is 0 Å². The summed E-state index contributed by atoms with van der Waals surface area (Å²) in [7, 11) is 0. The zero-order valence-electron chi connectivity index (χ0n) is 15.2. The molecular formula is C22H28FNO. The van der Waals surface area contributed by atoms with Gasteiger partial charge in [-0.1, -0.05) is 42.0 Å². The van der Waals surface area contributed by atoms with Gasteiger partial charge in [-0.2, -0.15) is 0 Å². The molecule has 1 aliphatic rings. The first-order valence-electron chi connectivity index (χ1n) is 9.26. The van der Waals surface area contributed by atoms with Gasteiger partial charge in [-0.15, -0.1) is 0 Å². The van der Waals surface area contributed by atoms with E-state index in [1.165, 1.54) is 11.6 Å². The molecule has 0 saturated carbocycles. The Labute approximate surface area is 150 Å². The van der Waals surface area contributed by atoms with Gasteiger partial charge >= 0.3 is 0 Å². The molecule has 2 unspecified atom stereocenters. The van der Waals surface area contributed by atoms with Crippen molar-refractivity contribution in [1.82, 2.24) is 4.90 Å². The molecule has 1 N–H and O–H groups in total. The number of piperidine rings is 1. The van der Waals surface area contributed by atoms with Crippen molar-refractivity contribution >= 4 is 0 Å². The van der Waals surface area contributed by atoms with E-state index in [0.717, 1.165) is 43.5 Å². The topological polar surface area (TPSA) is 23.5 Å². The predicted octanol–water partition coefficient (Wildman–Crippen LogP) is 4.51. The molecule has 1 aliphatic heterocycles. The molecule has 2 atom stereocenters. The average Bonchev–Trinajstić information content (AvgIpc) is 2.62. The van der Waals surface area contributed by atoms with Crippen molar-refractivity contribution in [2.24, 2.45) is 5.92 Å². The van der Waals surface area contributed by atoms with E-state index in [9.17, 15) is 9.50 Å². The van der Waals surface area contributed by atoms with E-state index < -0.39 is 6.10 Å². The Balaban J connectivity index is 1.53. The molecule has 3 heteroatoms. The number of aryl methyl sites for hydroxylation is 1. The van der Waals surface area contributed by atoms with Crippen LogP contribution in [0.25, 0.3) is 0 Å². The summed E-state index contributed by atoms with van der Waals surface area (Å²) >= 11 is 0. The third-order valence-corrected chi connectivity index (χ3v) is 5.51. The summed E-state index contributed by atoms with van der Waals surface area (Å²) in [4.78, 5) is 2.38. The first-order valence-corrected chi connectivity index (χ1v) is 9.26. The van der Waals surface area contributed by atoms with Crippen LogP contribution in [0.15, 0.2) is 48.5 Å². The summed E-state index contributed by atoms with van der Waals surface area (Å²) in [6.45, 7) is 6.15. The molecule has 0 amide bonds. The fourth-order valence-corrected chi connectivity index (χ4v) is 3.80. The van der Waals surface area contributed by atoms with Gasteiger partial charge in [-0.3, -0.25) is 4.90 Å². The standard InChI is InChI=1S/C22H28FNO/c1-16-6-8-20(9-7-16)22(25)17(2)24-12-10-18(11-13-24)14-19-4-3-5-21(23)15-19/h3-9,15,17-18,22,25H,10-14H2,1-2H3. The van der Waals surface area contributed by atoms with Crippen LogP contribution in [0.3, 0.4) is 0 Å². The maximum absolute atomic E-state index is 13.3. The third-order valence-electron chi connectivity index (χ3n) is 5.51. The van der Waals surface area contributed by atoms with E-state index in [1.54, 1.807) is 12.1 Å². The van der Waals surface area contributed by atoms with Crippen LogP contribution in [0.4, 0.5) is 4.39 Å². The largest absolute Gasteiger partial charge is 0.387 e. The van der Waals surface area contributed by atoms with Crippen molar-refractivity contribution in [1.29, 1.82) is 0 Å². The normalized spacial score (nSPS) is 18.9. The number of nitrogens with zero attached hydrogens (tertiary/aromatic N) is 1. The predicted molar refractivity (Wildman–Crippen MR) is 100 cm³/mol. The molecule has 1 fully saturated rings. The first kappa shape index (κ1) is 18.1. The van der Waals surface area contributed by atoms with E-state index in [0.29, 0.717) is 5.92 Å². The highest BCUT2D eigenvalue weighted by Gasteiger charge is 2.27. The molecule has 0 bridgehead atoms. The summed E-state index contributed by atoms with van der Waals surface area (Å²) in [5.74, 6) is 0.451. The zero-order chi connectivity index (χ0) is 17.8. The number of hydrogen-bond donors (Lipinski definition) is 1. The van der Waals surface area contributed by atoms with Crippen LogP contribution in [0.1, 0.15) is 42.6 Å². The molecule has 25 heavy (non-hydrogen) atoms. The summed E-state index contributed by atoms with van der Waals surface area (Å²) in [5, 5.41) is 10.7. The Bertz CT molecular complexity index is 677. The van der Waals surface area contributed by atoms with Gasteiger partial charge in [0, 0.05) is 6.04 Å². The van der Waals surface area contributed by atoms with E-state index in [-0.39, 0.29) is 11.9 Å². The monoisotopic (exact) mass is 341 g/mol. The van der Waals surface area contributed by atoms with Gasteiger partial charge in [0.1, 0.15) is 5.82 Å². The van der Waals surface area contributed by atoms with Gasteiger partial charge in [0.05, 0.1) is 6.10 Å². The zero-order valence-corrected chi connectivity index (χ0v) is 15.2. The summed E-state index contributed by atoms with van der Waals surface area (Å²) < 4.78 is 13.3. The lowest BCUT2D eigenvalue weighted by atomic mass is 9.89. The van der Waals surface area contributed by atoms with Gasteiger partial charge in [0.25, 0.3) is 0 Å². The highest BCUT2D eigenvalue weighted by molar-refractivity contribution is 5.24. The number of hydrogen-bond acceptors (Lipinski definition) is 2. The van der Waals surface area contributed by atoms with Crippen molar-refractivity contribution in [3.05, 3.63) is 71.0 Å². The Hall–Kier alpha value is -1.71. The molecule has 0 aliphatic carbocycles. The number of likely N-dealkylation sites (tertiary alicyclic amines) is 1. The number of rotatable bonds is 5. The van der Waals surface area contributed by atoms with E-state index in [4.69, 9.17) is 0 Å². The minimum atomic E-state index is -0.458. The molecule has 1 heterocycles. The second-order valence-corrected chi connectivity index (χ2v) is 7.41. The number of halogens is 1. The Morgan fingerprint density at radius 1 is 1.12 bits per heavy atom. The van der Waals surface area contributed by atoms with Crippen LogP contribution in [0.5, 0.6) is 0 Å². The van der Waals surface area contributed by atoms with E-state index in [2.05, 4.69) is 30.9 Å². The van der Waals surface area contributed by atoms with E-state index >= 15 is 0 Å². The van der Waals surface area contributed by atoms with Gasteiger partial charge in [-0.25, -0.2) is 4.39 Å². The number of benzene rings is 2. The fraction of sp³-hybridized carbons (Fsp3) is 0.455. The van der Waals surface area contributed by atoms with Gasteiger partial charge < -0.3 is 5.11 Å². The highest BCUT2D eigenvalue weighted by Crippen LogP contribution is 2.27. The summed E-state index contributed by atoms with van der Waals surface area (Å²) in [5.41, 5.74) is 3.29. The molecule has 2 aromatic carbocycles. The van der Waals surface area contributed by atoms with Crippen LogP contribution in [0, 0.1) is 18.7 Å². The van der Waals surface area contributed by atoms with Crippen LogP contribution in [0.2, 0.25) is 0 Å². The van der Waals surface area contributed by atoms with Crippen molar-refractivity contribution in [3.63, 3.8) is 0 Å².